The normalized spacial score (nSPS) is 29.5. The molecule has 0 unspecified atom stereocenters. The van der Waals surface area contributed by atoms with Gasteiger partial charge in [0.05, 0.1) is 24.0 Å². The number of carboxylic acid groups (broad SMARTS) is 1. The maximum atomic E-state index is 12.4. The molecule has 4 atom stereocenters. The lowest BCUT2D eigenvalue weighted by Crippen LogP contribution is -2.43. The van der Waals surface area contributed by atoms with Crippen molar-refractivity contribution in [1.82, 2.24) is 5.32 Å². The molecule has 0 saturated carbocycles. The predicted octanol–water partition coefficient (Wildman–Crippen LogP) is 2.49. The van der Waals surface area contributed by atoms with E-state index in [0.717, 1.165) is 6.42 Å². The average Bonchev–Trinajstić information content (AvgIpc) is 3.06. The van der Waals surface area contributed by atoms with Crippen LogP contribution in [0.5, 0.6) is 0 Å². The van der Waals surface area contributed by atoms with Crippen molar-refractivity contribution in [3.05, 3.63) is 33.8 Å². The summed E-state index contributed by atoms with van der Waals surface area (Å²) < 4.78 is 5.59. The number of fused-ring (bicyclic) bond motifs is 2. The smallest absolute Gasteiger partial charge is 0.310 e. The second-order valence-corrected chi connectivity index (χ2v) is 6.41. The van der Waals surface area contributed by atoms with Crippen LogP contribution in [0.15, 0.2) is 18.2 Å². The third-order valence-electron chi connectivity index (χ3n) is 4.36. The number of carbonyl (C=O) groups is 2. The first kappa shape index (κ1) is 15.6. The summed E-state index contributed by atoms with van der Waals surface area (Å²) >= 11 is 12.1. The number of hydrogen-bond donors (Lipinski definition) is 2. The Balaban J connectivity index is 1.71. The van der Waals surface area contributed by atoms with Crippen molar-refractivity contribution in [3.63, 3.8) is 0 Å². The van der Waals surface area contributed by atoms with Crippen molar-refractivity contribution >= 4 is 35.1 Å². The fourth-order valence-corrected chi connectivity index (χ4v) is 3.85. The van der Waals surface area contributed by atoms with Crippen LogP contribution in [-0.4, -0.2) is 29.2 Å². The van der Waals surface area contributed by atoms with Gasteiger partial charge in [-0.1, -0.05) is 29.3 Å². The van der Waals surface area contributed by atoms with E-state index < -0.39 is 17.8 Å². The molecule has 1 amide bonds. The second kappa shape index (κ2) is 6.07. The Bertz CT molecular complexity index is 601. The van der Waals surface area contributed by atoms with Gasteiger partial charge in [0.1, 0.15) is 0 Å². The summed E-state index contributed by atoms with van der Waals surface area (Å²) in [6.07, 6.45) is 0.746. The van der Waals surface area contributed by atoms with Crippen LogP contribution in [0.2, 0.25) is 10.0 Å². The SMILES string of the molecule is O=C(O)[C@@H]1[C@H](C(=O)NCc2c(Cl)cccc2Cl)[C@H]2CC[C@@H]1O2. The predicted molar refractivity (Wildman–Crippen MR) is 80.8 cm³/mol. The van der Waals surface area contributed by atoms with Crippen LogP contribution < -0.4 is 5.32 Å². The molecule has 22 heavy (non-hydrogen) atoms. The zero-order valence-electron chi connectivity index (χ0n) is 11.6. The van der Waals surface area contributed by atoms with Gasteiger partial charge in [0, 0.05) is 22.2 Å². The number of halogens is 2. The zero-order chi connectivity index (χ0) is 15.9. The second-order valence-electron chi connectivity index (χ2n) is 5.60. The molecule has 2 aliphatic rings. The standard InChI is InChI=1S/C15H15Cl2NO4/c16-8-2-1-3-9(17)7(8)6-18-14(19)12-10-4-5-11(22-10)13(12)15(20)21/h1-3,10-13H,4-6H2,(H,18,19)(H,20,21)/t10-,11+,12-,13+/m1/s1. The summed E-state index contributed by atoms with van der Waals surface area (Å²) in [6, 6.07) is 5.10. The molecule has 2 N–H and O–H groups in total. The highest BCUT2D eigenvalue weighted by Crippen LogP contribution is 2.43. The van der Waals surface area contributed by atoms with Crippen molar-refractivity contribution in [1.29, 1.82) is 0 Å². The van der Waals surface area contributed by atoms with Crippen molar-refractivity contribution < 1.29 is 19.4 Å². The summed E-state index contributed by atoms with van der Waals surface area (Å²) in [6.45, 7) is 0.164. The number of amides is 1. The minimum atomic E-state index is -0.983. The molecule has 2 saturated heterocycles. The van der Waals surface area contributed by atoms with Crippen LogP contribution in [0, 0.1) is 11.8 Å². The highest BCUT2D eigenvalue weighted by atomic mass is 35.5. The van der Waals surface area contributed by atoms with Gasteiger partial charge in [-0.3, -0.25) is 9.59 Å². The zero-order valence-corrected chi connectivity index (χ0v) is 13.1. The van der Waals surface area contributed by atoms with Gasteiger partial charge in [0.25, 0.3) is 0 Å². The third-order valence-corrected chi connectivity index (χ3v) is 5.07. The summed E-state index contributed by atoms with van der Waals surface area (Å²) in [5.41, 5.74) is 0.620. The van der Waals surface area contributed by atoms with Crippen LogP contribution in [-0.2, 0) is 20.9 Å². The lowest BCUT2D eigenvalue weighted by molar-refractivity contribution is -0.147. The average molecular weight is 344 g/mol. The Morgan fingerprint density at radius 3 is 2.36 bits per heavy atom. The lowest BCUT2D eigenvalue weighted by Gasteiger charge is -2.24. The quantitative estimate of drug-likeness (QED) is 0.880. The molecular formula is C15H15Cl2NO4. The van der Waals surface area contributed by atoms with Gasteiger partial charge >= 0.3 is 5.97 Å². The molecular weight excluding hydrogens is 329 g/mol. The molecule has 2 bridgehead atoms. The van der Waals surface area contributed by atoms with E-state index in [-0.39, 0.29) is 24.7 Å². The van der Waals surface area contributed by atoms with E-state index in [1.165, 1.54) is 0 Å². The van der Waals surface area contributed by atoms with Crippen LogP contribution >= 0.6 is 23.2 Å². The number of ether oxygens (including phenoxy) is 1. The molecule has 0 radical (unpaired) electrons. The summed E-state index contributed by atoms with van der Waals surface area (Å²) in [7, 11) is 0. The maximum absolute atomic E-state index is 12.4. The van der Waals surface area contributed by atoms with Crippen molar-refractivity contribution in [2.75, 3.05) is 0 Å². The largest absolute Gasteiger partial charge is 0.481 e. The van der Waals surface area contributed by atoms with Gasteiger partial charge in [-0.2, -0.15) is 0 Å². The molecule has 3 rings (SSSR count). The number of aliphatic carboxylic acids is 1. The Morgan fingerprint density at radius 1 is 1.18 bits per heavy atom. The molecule has 118 valence electrons. The number of hydrogen-bond acceptors (Lipinski definition) is 3. The first-order valence-corrected chi connectivity index (χ1v) is 7.83. The van der Waals surface area contributed by atoms with Crippen LogP contribution in [0.3, 0.4) is 0 Å². The Hall–Kier alpha value is -1.30. The molecule has 0 aromatic heterocycles. The molecule has 0 aliphatic carbocycles. The number of carboxylic acids is 1. The number of nitrogens with one attached hydrogen (secondary N) is 1. The molecule has 7 heteroatoms. The van der Waals surface area contributed by atoms with E-state index in [4.69, 9.17) is 27.9 Å². The first-order valence-electron chi connectivity index (χ1n) is 7.08. The minimum Gasteiger partial charge on any atom is -0.481 e. The van der Waals surface area contributed by atoms with Gasteiger partial charge in [-0.15, -0.1) is 0 Å². The first-order chi connectivity index (χ1) is 10.5. The Labute approximate surface area is 137 Å². The fourth-order valence-electron chi connectivity index (χ4n) is 3.32. The summed E-state index contributed by atoms with van der Waals surface area (Å²) in [5, 5.41) is 13.0. The van der Waals surface area contributed by atoms with Gasteiger partial charge in [-0.05, 0) is 25.0 Å². The van der Waals surface area contributed by atoms with Gasteiger partial charge in [-0.25, -0.2) is 0 Å². The molecule has 5 nitrogen and oxygen atoms in total. The molecule has 0 spiro atoms. The van der Waals surface area contributed by atoms with Gasteiger partial charge < -0.3 is 15.2 Å². The number of carbonyl (C=O) groups excluding carboxylic acids is 1. The van der Waals surface area contributed by atoms with E-state index >= 15 is 0 Å². The van der Waals surface area contributed by atoms with Crippen LogP contribution in [0.4, 0.5) is 0 Å². The number of benzene rings is 1. The Kier molecular flexibility index (Phi) is 4.30. The van der Waals surface area contributed by atoms with Crippen LogP contribution in [0.25, 0.3) is 0 Å². The Morgan fingerprint density at radius 2 is 1.77 bits per heavy atom. The van der Waals surface area contributed by atoms with Gasteiger partial charge in [0.15, 0.2) is 0 Å². The highest BCUT2D eigenvalue weighted by Gasteiger charge is 2.55. The molecule has 2 heterocycles. The minimum absolute atomic E-state index is 0.164. The van der Waals surface area contributed by atoms with E-state index in [1.807, 2.05) is 0 Å². The monoisotopic (exact) mass is 343 g/mol. The van der Waals surface area contributed by atoms with E-state index in [0.29, 0.717) is 22.0 Å². The fraction of sp³-hybridized carbons (Fsp3) is 0.467. The number of rotatable bonds is 4. The van der Waals surface area contributed by atoms with E-state index in [2.05, 4.69) is 5.32 Å². The maximum Gasteiger partial charge on any atom is 0.310 e. The summed E-state index contributed by atoms with van der Waals surface area (Å²) in [5.74, 6) is -2.74. The lowest BCUT2D eigenvalue weighted by atomic mass is 9.78. The van der Waals surface area contributed by atoms with Crippen LogP contribution in [0.1, 0.15) is 18.4 Å². The third kappa shape index (κ3) is 2.69. The molecule has 2 aliphatic heterocycles. The van der Waals surface area contributed by atoms with Crippen molar-refractivity contribution in [2.45, 2.75) is 31.6 Å². The van der Waals surface area contributed by atoms with E-state index in [9.17, 15) is 14.7 Å². The van der Waals surface area contributed by atoms with Crippen molar-refractivity contribution in [2.24, 2.45) is 11.8 Å². The molecule has 1 aromatic carbocycles. The topological polar surface area (TPSA) is 75.6 Å². The van der Waals surface area contributed by atoms with Crippen molar-refractivity contribution in [3.8, 4) is 0 Å². The summed E-state index contributed by atoms with van der Waals surface area (Å²) in [4.78, 5) is 23.8. The van der Waals surface area contributed by atoms with Gasteiger partial charge in [0.2, 0.25) is 5.91 Å². The highest BCUT2D eigenvalue weighted by molar-refractivity contribution is 6.36. The molecule has 1 aromatic rings. The van der Waals surface area contributed by atoms with E-state index in [1.54, 1.807) is 18.2 Å². The molecule has 2 fully saturated rings.